The molecule has 5 aromatic carbocycles. The number of carbonyl (C=O) groups excluding carboxylic acids is 2. The van der Waals surface area contributed by atoms with Crippen LogP contribution in [0.1, 0.15) is 43.8 Å². The third-order valence-electron chi connectivity index (χ3n) is 9.15. The molecule has 6 rings (SSSR count). The topological polar surface area (TPSA) is 180 Å². The minimum atomic E-state index is -4.16. The van der Waals surface area contributed by atoms with Gasteiger partial charge in [-0.05, 0) is 169 Å². The van der Waals surface area contributed by atoms with Crippen molar-refractivity contribution < 1.29 is 51.6 Å². The number of carbonyl (C=O) groups is 3. The molecule has 4 N–H and O–H groups in total. The molecule has 58 heavy (non-hydrogen) atoms. The van der Waals surface area contributed by atoms with Crippen molar-refractivity contribution >= 4 is 140 Å². The zero-order valence-electron chi connectivity index (χ0n) is 30.6. The molecule has 0 spiro atoms. The minimum Gasteiger partial charge on any atom is -0.506 e. The van der Waals surface area contributed by atoms with Gasteiger partial charge in [0.15, 0.2) is 12.3 Å². The van der Waals surface area contributed by atoms with Crippen LogP contribution >= 0.6 is 90.4 Å². The van der Waals surface area contributed by atoms with Crippen LogP contribution < -0.4 is 19.4 Å². The van der Waals surface area contributed by atoms with Crippen molar-refractivity contribution in [2.75, 3.05) is 5.75 Å². The van der Waals surface area contributed by atoms with Gasteiger partial charge in [0.05, 0.1) is 36.4 Å². The van der Waals surface area contributed by atoms with E-state index in [-0.39, 0.29) is 36.4 Å². The molecule has 1 unspecified atom stereocenters. The lowest BCUT2D eigenvalue weighted by molar-refractivity contribution is -0.645. The molecule has 0 fully saturated rings. The van der Waals surface area contributed by atoms with Crippen molar-refractivity contribution in [2.45, 2.75) is 39.3 Å². The van der Waals surface area contributed by atoms with E-state index in [0.29, 0.717) is 62.7 Å². The van der Waals surface area contributed by atoms with E-state index in [0.717, 1.165) is 7.14 Å². The first-order chi connectivity index (χ1) is 27.4. The molecular weight excluding hydrogens is 1220 g/mol. The number of benzene rings is 5. The third-order valence-corrected chi connectivity index (χ3v) is 13.2. The van der Waals surface area contributed by atoms with E-state index in [1.807, 2.05) is 74.0 Å². The maximum absolute atomic E-state index is 14.1. The Balaban J connectivity index is 1.22. The van der Waals surface area contributed by atoms with Crippen LogP contribution in [0.5, 0.6) is 23.0 Å². The van der Waals surface area contributed by atoms with Crippen molar-refractivity contribution in [1.82, 2.24) is 5.32 Å². The number of aromatic nitrogens is 1. The van der Waals surface area contributed by atoms with E-state index >= 15 is 0 Å². The summed E-state index contributed by atoms with van der Waals surface area (Å²) in [5, 5.41) is 24.1. The van der Waals surface area contributed by atoms with Gasteiger partial charge in [0, 0.05) is 30.5 Å². The highest BCUT2D eigenvalue weighted by molar-refractivity contribution is 14.1. The largest absolute Gasteiger partial charge is 0.506 e. The maximum Gasteiger partial charge on any atom is 0.345 e. The van der Waals surface area contributed by atoms with Crippen LogP contribution in [0.4, 0.5) is 0 Å². The monoisotopic (exact) mass is 1250 g/mol. The molecule has 300 valence electrons. The number of hydrogen-bond acceptors (Lipinski definition) is 8. The summed E-state index contributed by atoms with van der Waals surface area (Å²) in [7, 11) is -4.16. The molecule has 0 radical (unpaired) electrons. The van der Waals surface area contributed by atoms with Crippen LogP contribution in [-0.4, -0.2) is 52.8 Å². The summed E-state index contributed by atoms with van der Waals surface area (Å²) in [4.78, 5) is 40.1. The number of ether oxygens (including phenoxy) is 2. The number of amides is 1. The molecule has 12 nitrogen and oxygen atoms in total. The fourth-order valence-corrected chi connectivity index (χ4v) is 10.9. The summed E-state index contributed by atoms with van der Waals surface area (Å²) in [6, 6.07) is 23.3. The molecule has 6 aromatic rings. The van der Waals surface area contributed by atoms with Gasteiger partial charge in [0.1, 0.15) is 23.3 Å². The zero-order valence-corrected chi connectivity index (χ0v) is 40.0. The second-order valence-corrected chi connectivity index (χ2v) is 19.5. The van der Waals surface area contributed by atoms with Crippen LogP contribution in [0.2, 0.25) is 0 Å². The highest BCUT2D eigenvalue weighted by Gasteiger charge is 2.28. The first-order valence-corrected chi connectivity index (χ1v) is 23.3. The van der Waals surface area contributed by atoms with E-state index in [1.165, 1.54) is 12.1 Å². The Kier molecular flexibility index (Phi) is 14.1. The van der Waals surface area contributed by atoms with Gasteiger partial charge in [0.25, 0.3) is 16.0 Å². The fraction of sp³-hybridized carbons (Fsp3) is 0.171. The number of nitrogens with zero attached hydrogens (tertiary/aromatic N) is 1. The molecule has 0 saturated carbocycles. The lowest BCUT2D eigenvalue weighted by Crippen LogP contribution is -2.42. The fourth-order valence-electron chi connectivity index (χ4n) is 6.59. The number of nitrogens with one attached hydrogen (secondary N) is 1. The number of carboxylic acid groups (broad SMARTS) is 1. The van der Waals surface area contributed by atoms with Crippen molar-refractivity contribution in [3.63, 3.8) is 0 Å². The minimum absolute atomic E-state index is 0.00442. The van der Waals surface area contributed by atoms with E-state index in [9.17, 15) is 37.6 Å². The Bertz CT molecular complexity index is 2640. The van der Waals surface area contributed by atoms with Gasteiger partial charge in [-0.2, -0.15) is 13.0 Å². The lowest BCUT2D eigenvalue weighted by Gasteiger charge is -2.18. The van der Waals surface area contributed by atoms with Crippen molar-refractivity contribution in [2.24, 2.45) is 0 Å². The van der Waals surface area contributed by atoms with E-state index in [4.69, 9.17) is 9.47 Å². The van der Waals surface area contributed by atoms with Crippen LogP contribution in [0, 0.1) is 28.1 Å². The number of fused-ring (bicyclic) bond motifs is 2. The van der Waals surface area contributed by atoms with Gasteiger partial charge in [-0.3, -0.25) is 9.35 Å². The van der Waals surface area contributed by atoms with E-state index < -0.39 is 39.8 Å². The highest BCUT2D eigenvalue weighted by Crippen LogP contribution is 2.37. The Morgan fingerprint density at radius 2 is 1.33 bits per heavy atom. The summed E-state index contributed by atoms with van der Waals surface area (Å²) >= 11 is 8.30. The van der Waals surface area contributed by atoms with Gasteiger partial charge in [-0.15, -0.1) is 0 Å². The molecule has 0 saturated heterocycles. The SMILES string of the molecule is Cc1cc(C(=O)NC(Cc2cc(I)c(Oc3cc(I)c(O)c(I)c3)c(I)c2)C(=O)O)cc(C)c1OC(=O)c1c2ccccc2[n+](CCCS(=O)(=O)O)c2ccccc12. The Hall–Kier alpha value is -3.39. The highest BCUT2D eigenvalue weighted by atomic mass is 127. The van der Waals surface area contributed by atoms with Crippen molar-refractivity contribution in [1.29, 1.82) is 0 Å². The average Bonchev–Trinajstić information content (AvgIpc) is 3.15. The smallest absolute Gasteiger partial charge is 0.345 e. The summed E-state index contributed by atoms with van der Waals surface area (Å²) in [6.45, 7) is 3.65. The predicted molar refractivity (Wildman–Crippen MR) is 252 cm³/mol. The first kappa shape index (κ1) is 44.2. The van der Waals surface area contributed by atoms with E-state index in [1.54, 1.807) is 62.4 Å². The lowest BCUT2D eigenvalue weighted by atomic mass is 10.0. The number of phenols is 1. The Labute approximate surface area is 388 Å². The summed E-state index contributed by atoms with van der Waals surface area (Å²) < 4.78 is 49.1. The van der Waals surface area contributed by atoms with Gasteiger partial charge in [-0.25, -0.2) is 9.59 Å². The zero-order chi connectivity index (χ0) is 42.1. The van der Waals surface area contributed by atoms with E-state index in [2.05, 4.69) is 50.5 Å². The van der Waals surface area contributed by atoms with Gasteiger partial charge >= 0.3 is 11.9 Å². The molecular formula is C41H33I4N2O10S+. The van der Waals surface area contributed by atoms with Crippen molar-refractivity contribution in [3.05, 3.63) is 127 Å². The number of para-hydroxylation sites is 2. The predicted octanol–water partition coefficient (Wildman–Crippen LogP) is 8.74. The number of esters is 1. The molecule has 0 bridgehead atoms. The molecule has 0 aliphatic rings. The molecule has 1 atom stereocenters. The number of hydrogen-bond donors (Lipinski definition) is 4. The molecule has 1 amide bonds. The summed E-state index contributed by atoms with van der Waals surface area (Å²) in [5.74, 6) is -1.34. The third kappa shape index (κ3) is 10.1. The van der Waals surface area contributed by atoms with Gasteiger partial charge in [0.2, 0.25) is 11.0 Å². The second-order valence-electron chi connectivity index (χ2n) is 13.3. The van der Waals surface area contributed by atoms with Crippen LogP contribution in [0.15, 0.2) is 84.9 Å². The molecule has 0 aliphatic heterocycles. The average molecular weight is 1250 g/mol. The number of pyridine rings is 1. The number of rotatable bonds is 13. The number of aliphatic carboxylic acids is 1. The number of phenolic OH excluding ortho intramolecular Hbond substituents is 1. The summed E-state index contributed by atoms with van der Waals surface area (Å²) in [5.41, 5.74) is 3.46. The summed E-state index contributed by atoms with van der Waals surface area (Å²) in [6.07, 6.45) is 0.145. The maximum atomic E-state index is 14.1. The Morgan fingerprint density at radius 1 is 0.793 bits per heavy atom. The Morgan fingerprint density at radius 3 is 1.84 bits per heavy atom. The molecule has 0 aliphatic carbocycles. The second kappa shape index (κ2) is 18.5. The number of carboxylic acids is 1. The number of aryl methyl sites for hydroxylation is 3. The van der Waals surface area contributed by atoms with Gasteiger partial charge < -0.3 is 25.0 Å². The number of halogens is 4. The first-order valence-electron chi connectivity index (χ1n) is 17.4. The number of aromatic hydroxyl groups is 1. The quantitative estimate of drug-likeness (QED) is 0.0218. The van der Waals surface area contributed by atoms with Crippen LogP contribution in [-0.2, 0) is 27.9 Å². The van der Waals surface area contributed by atoms with Crippen LogP contribution in [0.25, 0.3) is 21.8 Å². The van der Waals surface area contributed by atoms with Crippen LogP contribution in [0.3, 0.4) is 0 Å². The molecule has 1 aromatic heterocycles. The standard InChI is InChI=1S/C41H32I4N2O10S/c1-21-14-24(39(49)46-32(40(50)51)18-23-16-30(44)38(31(45)17-23)56-25-19-28(42)36(48)29(43)20-25)15-22(2)37(21)57-41(52)35-26-8-3-5-10-33(26)47(12-7-13-58(53,54)55)34-11-6-4-9-27(34)35/h3-6,8-11,14-17,19-20,32H,7,12-13,18H2,1-2H3,(H3-,46,48,49,50,51,53,54,55)/p+1. The molecule has 1 heterocycles. The van der Waals surface area contributed by atoms with Gasteiger partial charge in [-0.1, -0.05) is 24.3 Å². The molecule has 17 heteroatoms. The normalized spacial score (nSPS) is 12.1. The van der Waals surface area contributed by atoms with Crippen molar-refractivity contribution in [3.8, 4) is 23.0 Å².